The number of hydrogen-bond donors (Lipinski definition) is 1. The fourth-order valence-corrected chi connectivity index (χ4v) is 2.77. The molecule has 1 aliphatic heterocycles. The van der Waals surface area contributed by atoms with Crippen LogP contribution in [0.2, 0.25) is 0 Å². The normalized spacial score (nSPS) is 15.1. The van der Waals surface area contributed by atoms with E-state index >= 15 is 0 Å². The largest absolute Gasteiger partial charge is 0.323 e. The van der Waals surface area contributed by atoms with Crippen molar-refractivity contribution in [2.75, 3.05) is 18.4 Å². The number of amides is 1. The van der Waals surface area contributed by atoms with Crippen molar-refractivity contribution in [3.8, 4) is 0 Å². The highest BCUT2D eigenvalue weighted by Crippen LogP contribution is 2.16. The number of rotatable bonds is 5. The number of anilines is 1. The molecule has 1 aromatic heterocycles. The lowest BCUT2D eigenvalue weighted by Crippen LogP contribution is -2.18. The number of nitrogens with zero attached hydrogens (tertiary/aromatic N) is 2. The molecule has 3 rings (SSSR count). The summed E-state index contributed by atoms with van der Waals surface area (Å²) in [5, 5.41) is 2.91. The van der Waals surface area contributed by atoms with Gasteiger partial charge in [0, 0.05) is 24.5 Å². The number of hydrogen-bond acceptors (Lipinski definition) is 3. The number of carbonyl (C=O) groups is 1. The maximum absolute atomic E-state index is 12.0. The van der Waals surface area contributed by atoms with Crippen molar-refractivity contribution in [2.45, 2.75) is 19.4 Å². The van der Waals surface area contributed by atoms with Gasteiger partial charge in [0.05, 0.1) is 5.69 Å². The Hall–Kier alpha value is -2.46. The van der Waals surface area contributed by atoms with Gasteiger partial charge in [0.1, 0.15) is 0 Å². The van der Waals surface area contributed by atoms with Crippen molar-refractivity contribution >= 4 is 17.7 Å². The quantitative estimate of drug-likeness (QED) is 0.862. The molecule has 1 fully saturated rings. The fourth-order valence-electron chi connectivity index (χ4n) is 2.77. The highest BCUT2D eigenvalue weighted by Gasteiger charge is 2.11. The van der Waals surface area contributed by atoms with Crippen molar-refractivity contribution in [3.63, 3.8) is 0 Å². The lowest BCUT2D eigenvalue weighted by atomic mass is 10.2. The summed E-state index contributed by atoms with van der Waals surface area (Å²) in [4.78, 5) is 18.6. The topological polar surface area (TPSA) is 45.2 Å². The Morgan fingerprint density at radius 2 is 2.04 bits per heavy atom. The minimum Gasteiger partial charge on any atom is -0.323 e. The van der Waals surface area contributed by atoms with E-state index in [9.17, 15) is 4.79 Å². The number of pyridine rings is 1. The predicted molar refractivity (Wildman–Crippen MR) is 92.9 cm³/mol. The Bertz CT molecular complexity index is 676. The average molecular weight is 307 g/mol. The van der Waals surface area contributed by atoms with E-state index < -0.39 is 0 Å². The molecule has 23 heavy (non-hydrogen) atoms. The van der Waals surface area contributed by atoms with E-state index in [0.29, 0.717) is 0 Å². The second kappa shape index (κ2) is 7.70. The zero-order valence-corrected chi connectivity index (χ0v) is 13.1. The van der Waals surface area contributed by atoms with E-state index in [1.54, 1.807) is 12.3 Å². The number of aromatic nitrogens is 1. The maximum atomic E-state index is 12.0. The third-order valence-electron chi connectivity index (χ3n) is 3.89. The first-order chi connectivity index (χ1) is 11.3. The fraction of sp³-hybridized carbons (Fsp3) is 0.263. The standard InChI is InChI=1S/C19H21N3O/c23-19(10-9-17-7-1-2-11-20-17)21-18-8-5-6-16(14-18)15-22-12-3-4-13-22/h1-2,5-11,14H,3-4,12-13,15H2,(H,21,23)/b10-9-. The Morgan fingerprint density at radius 1 is 1.17 bits per heavy atom. The molecule has 1 amide bonds. The highest BCUT2D eigenvalue weighted by molar-refractivity contribution is 6.01. The predicted octanol–water partition coefficient (Wildman–Crippen LogP) is 3.33. The molecule has 2 heterocycles. The first kappa shape index (κ1) is 15.4. The maximum Gasteiger partial charge on any atom is 0.248 e. The van der Waals surface area contributed by atoms with Gasteiger partial charge in [-0.3, -0.25) is 14.7 Å². The van der Waals surface area contributed by atoms with Crippen LogP contribution >= 0.6 is 0 Å². The molecule has 1 aromatic carbocycles. The number of likely N-dealkylation sites (tertiary alicyclic amines) is 1. The Balaban J connectivity index is 1.58. The molecular formula is C19H21N3O. The van der Waals surface area contributed by atoms with Gasteiger partial charge in [-0.05, 0) is 61.8 Å². The lowest BCUT2D eigenvalue weighted by Gasteiger charge is -2.15. The SMILES string of the molecule is O=C(/C=C\c1ccccn1)Nc1cccc(CN2CCCC2)c1. The molecule has 4 nitrogen and oxygen atoms in total. The zero-order valence-electron chi connectivity index (χ0n) is 13.1. The van der Waals surface area contributed by atoms with Crippen LogP contribution in [0, 0.1) is 0 Å². The van der Waals surface area contributed by atoms with Crippen LogP contribution in [0.5, 0.6) is 0 Å². The van der Waals surface area contributed by atoms with Crippen LogP contribution in [0.1, 0.15) is 24.1 Å². The number of benzene rings is 1. The molecule has 4 heteroatoms. The summed E-state index contributed by atoms with van der Waals surface area (Å²) >= 11 is 0. The van der Waals surface area contributed by atoms with E-state index in [2.05, 4.69) is 21.3 Å². The van der Waals surface area contributed by atoms with Gasteiger partial charge in [-0.2, -0.15) is 0 Å². The van der Waals surface area contributed by atoms with E-state index in [4.69, 9.17) is 0 Å². The van der Waals surface area contributed by atoms with Gasteiger partial charge < -0.3 is 5.32 Å². The van der Waals surface area contributed by atoms with Crippen LogP contribution in [0.4, 0.5) is 5.69 Å². The van der Waals surface area contributed by atoms with E-state index in [-0.39, 0.29) is 5.91 Å². The average Bonchev–Trinajstić information content (AvgIpc) is 3.07. The second-order valence-corrected chi connectivity index (χ2v) is 5.76. The van der Waals surface area contributed by atoms with Gasteiger partial charge in [0.2, 0.25) is 5.91 Å². The summed E-state index contributed by atoms with van der Waals surface area (Å²) in [5.41, 5.74) is 2.83. The summed E-state index contributed by atoms with van der Waals surface area (Å²) in [6, 6.07) is 13.7. The first-order valence-corrected chi connectivity index (χ1v) is 8.01. The Labute approximate surface area is 136 Å². The summed E-state index contributed by atoms with van der Waals surface area (Å²) in [6.45, 7) is 3.29. The van der Waals surface area contributed by atoms with Crippen LogP contribution < -0.4 is 5.32 Å². The molecular weight excluding hydrogens is 286 g/mol. The summed E-state index contributed by atoms with van der Waals surface area (Å²) in [6.07, 6.45) is 7.50. The van der Waals surface area contributed by atoms with Crippen molar-refractivity contribution in [1.82, 2.24) is 9.88 Å². The van der Waals surface area contributed by atoms with E-state index in [1.165, 1.54) is 37.6 Å². The molecule has 1 aliphatic rings. The third kappa shape index (κ3) is 4.76. The summed E-state index contributed by atoms with van der Waals surface area (Å²) in [7, 11) is 0. The van der Waals surface area contributed by atoms with Gasteiger partial charge in [-0.15, -0.1) is 0 Å². The summed E-state index contributed by atoms with van der Waals surface area (Å²) < 4.78 is 0. The monoisotopic (exact) mass is 307 g/mol. The van der Waals surface area contributed by atoms with Crippen molar-refractivity contribution in [2.24, 2.45) is 0 Å². The number of nitrogens with one attached hydrogen (secondary N) is 1. The van der Waals surface area contributed by atoms with Gasteiger partial charge in [-0.25, -0.2) is 0 Å². The van der Waals surface area contributed by atoms with Crippen LogP contribution in [0.15, 0.2) is 54.7 Å². The van der Waals surface area contributed by atoms with Crippen LogP contribution in [0.3, 0.4) is 0 Å². The van der Waals surface area contributed by atoms with Crippen molar-refractivity contribution < 1.29 is 4.79 Å². The van der Waals surface area contributed by atoms with E-state index in [0.717, 1.165) is 17.9 Å². The number of carbonyl (C=O) groups excluding carboxylic acids is 1. The van der Waals surface area contributed by atoms with E-state index in [1.807, 2.05) is 36.4 Å². The molecule has 0 spiro atoms. The smallest absolute Gasteiger partial charge is 0.248 e. The minimum atomic E-state index is -0.144. The van der Waals surface area contributed by atoms with Gasteiger partial charge in [0.25, 0.3) is 0 Å². The van der Waals surface area contributed by atoms with Gasteiger partial charge in [-0.1, -0.05) is 18.2 Å². The Kier molecular flexibility index (Phi) is 5.17. The molecule has 0 bridgehead atoms. The molecule has 2 aromatic rings. The third-order valence-corrected chi connectivity index (χ3v) is 3.89. The second-order valence-electron chi connectivity index (χ2n) is 5.76. The molecule has 0 saturated carbocycles. The zero-order chi connectivity index (χ0) is 15.9. The molecule has 118 valence electrons. The van der Waals surface area contributed by atoms with Crippen molar-refractivity contribution in [3.05, 3.63) is 66.0 Å². The van der Waals surface area contributed by atoms with Crippen LogP contribution in [-0.2, 0) is 11.3 Å². The molecule has 0 unspecified atom stereocenters. The molecule has 0 atom stereocenters. The highest BCUT2D eigenvalue weighted by atomic mass is 16.1. The van der Waals surface area contributed by atoms with Crippen LogP contribution in [0.25, 0.3) is 6.08 Å². The van der Waals surface area contributed by atoms with Gasteiger partial charge >= 0.3 is 0 Å². The molecule has 1 N–H and O–H groups in total. The van der Waals surface area contributed by atoms with Gasteiger partial charge in [0.15, 0.2) is 0 Å². The Morgan fingerprint density at radius 3 is 2.83 bits per heavy atom. The molecule has 1 saturated heterocycles. The molecule has 0 radical (unpaired) electrons. The first-order valence-electron chi connectivity index (χ1n) is 8.01. The molecule has 0 aliphatic carbocycles. The summed E-state index contributed by atoms with van der Waals surface area (Å²) in [5.74, 6) is -0.144. The lowest BCUT2D eigenvalue weighted by molar-refractivity contribution is -0.111. The van der Waals surface area contributed by atoms with Crippen molar-refractivity contribution in [1.29, 1.82) is 0 Å². The minimum absolute atomic E-state index is 0.144. The van der Waals surface area contributed by atoms with Crippen LogP contribution in [-0.4, -0.2) is 28.9 Å².